The number of aromatic nitrogens is 2. The van der Waals surface area contributed by atoms with Gasteiger partial charge in [0.15, 0.2) is 0 Å². The summed E-state index contributed by atoms with van der Waals surface area (Å²) in [4.78, 5) is 0. The number of aromatic hydroxyl groups is 1. The number of benzene rings is 1. The SMILES string of the molecule is C[n+]1ccn(Cc2ccc(O)c(/C=N/O)c2)c1. The van der Waals surface area contributed by atoms with Gasteiger partial charge >= 0.3 is 0 Å². The fourth-order valence-electron chi connectivity index (χ4n) is 1.67. The normalized spacial score (nSPS) is 11.1. The second-order valence-electron chi connectivity index (χ2n) is 3.89. The van der Waals surface area contributed by atoms with E-state index in [9.17, 15) is 5.11 Å². The van der Waals surface area contributed by atoms with Crippen LogP contribution < -0.4 is 4.57 Å². The lowest BCUT2D eigenvalue weighted by molar-refractivity contribution is -0.671. The molecule has 0 fully saturated rings. The van der Waals surface area contributed by atoms with Gasteiger partial charge in [-0.2, -0.15) is 0 Å². The Morgan fingerprint density at radius 3 is 2.94 bits per heavy atom. The molecule has 0 saturated heterocycles. The van der Waals surface area contributed by atoms with E-state index in [1.807, 2.05) is 41.0 Å². The van der Waals surface area contributed by atoms with E-state index >= 15 is 0 Å². The first-order valence-electron chi connectivity index (χ1n) is 5.19. The zero-order valence-electron chi connectivity index (χ0n) is 9.48. The minimum atomic E-state index is 0.101. The molecular formula is C12H14N3O2+. The van der Waals surface area contributed by atoms with Crippen LogP contribution in [-0.2, 0) is 13.6 Å². The van der Waals surface area contributed by atoms with Crippen molar-refractivity contribution in [1.82, 2.24) is 4.57 Å². The highest BCUT2D eigenvalue weighted by molar-refractivity contribution is 5.83. The van der Waals surface area contributed by atoms with Gasteiger partial charge in [-0.1, -0.05) is 11.2 Å². The molecular weight excluding hydrogens is 218 g/mol. The Morgan fingerprint density at radius 1 is 1.47 bits per heavy atom. The number of hydrogen-bond acceptors (Lipinski definition) is 3. The summed E-state index contributed by atoms with van der Waals surface area (Å²) in [6, 6.07) is 5.22. The number of imidazole rings is 1. The van der Waals surface area contributed by atoms with Crippen LogP contribution in [0.1, 0.15) is 11.1 Å². The molecule has 0 bridgehead atoms. The van der Waals surface area contributed by atoms with Crippen molar-refractivity contribution in [3.63, 3.8) is 0 Å². The molecule has 0 spiro atoms. The smallest absolute Gasteiger partial charge is 0.243 e. The largest absolute Gasteiger partial charge is 0.507 e. The van der Waals surface area contributed by atoms with Crippen LogP contribution in [0, 0.1) is 0 Å². The number of phenolic OH excluding ortho intramolecular Hbond substituents is 1. The number of hydrogen-bond donors (Lipinski definition) is 2. The lowest BCUT2D eigenvalue weighted by Crippen LogP contribution is -2.23. The second kappa shape index (κ2) is 4.69. The van der Waals surface area contributed by atoms with E-state index in [0.29, 0.717) is 12.1 Å². The van der Waals surface area contributed by atoms with Gasteiger partial charge < -0.3 is 10.3 Å². The van der Waals surface area contributed by atoms with Crippen molar-refractivity contribution in [3.8, 4) is 5.75 Å². The summed E-state index contributed by atoms with van der Waals surface area (Å²) in [6.45, 7) is 0.702. The van der Waals surface area contributed by atoms with Crippen LogP contribution in [-0.4, -0.2) is 21.1 Å². The van der Waals surface area contributed by atoms with E-state index in [-0.39, 0.29) is 5.75 Å². The lowest BCUT2D eigenvalue weighted by atomic mass is 10.1. The van der Waals surface area contributed by atoms with Crippen LogP contribution >= 0.6 is 0 Å². The van der Waals surface area contributed by atoms with Gasteiger partial charge in [0.05, 0.1) is 13.3 Å². The molecule has 2 rings (SSSR count). The first-order valence-corrected chi connectivity index (χ1v) is 5.19. The van der Waals surface area contributed by atoms with Crippen molar-refractivity contribution >= 4 is 6.21 Å². The first kappa shape index (κ1) is 11.2. The average Bonchev–Trinajstić information content (AvgIpc) is 2.69. The summed E-state index contributed by atoms with van der Waals surface area (Å²) in [7, 11) is 1.96. The quantitative estimate of drug-likeness (QED) is 0.357. The summed E-state index contributed by atoms with van der Waals surface area (Å²) in [5.41, 5.74) is 1.52. The Balaban J connectivity index is 2.24. The van der Waals surface area contributed by atoms with Gasteiger partial charge in [0.1, 0.15) is 24.7 Å². The molecule has 0 atom stereocenters. The molecule has 0 aliphatic rings. The van der Waals surface area contributed by atoms with Crippen LogP contribution in [0.15, 0.2) is 42.1 Å². The number of rotatable bonds is 3. The third-order valence-electron chi connectivity index (χ3n) is 2.48. The van der Waals surface area contributed by atoms with Crippen molar-refractivity contribution in [1.29, 1.82) is 0 Å². The molecule has 2 N–H and O–H groups in total. The molecule has 5 nitrogen and oxygen atoms in total. The molecule has 0 aliphatic carbocycles. The van der Waals surface area contributed by atoms with Gasteiger partial charge in [-0.25, -0.2) is 9.13 Å². The van der Waals surface area contributed by atoms with Gasteiger partial charge in [-0.05, 0) is 17.7 Å². The highest BCUT2D eigenvalue weighted by Crippen LogP contribution is 2.17. The maximum Gasteiger partial charge on any atom is 0.243 e. The van der Waals surface area contributed by atoms with Crippen molar-refractivity contribution < 1.29 is 14.9 Å². The molecule has 88 valence electrons. The van der Waals surface area contributed by atoms with E-state index in [1.54, 1.807) is 12.1 Å². The first-order chi connectivity index (χ1) is 8.19. The summed E-state index contributed by atoms with van der Waals surface area (Å²) in [5.74, 6) is 0.101. The van der Waals surface area contributed by atoms with Gasteiger partial charge in [0.2, 0.25) is 6.33 Å². The molecule has 0 unspecified atom stereocenters. The Morgan fingerprint density at radius 2 is 2.29 bits per heavy atom. The highest BCUT2D eigenvalue weighted by atomic mass is 16.4. The summed E-state index contributed by atoms with van der Waals surface area (Å²) < 4.78 is 3.97. The molecule has 5 heteroatoms. The second-order valence-corrected chi connectivity index (χ2v) is 3.89. The number of phenols is 1. The predicted molar refractivity (Wildman–Crippen MR) is 62.2 cm³/mol. The van der Waals surface area contributed by atoms with Gasteiger partial charge in [0, 0.05) is 5.56 Å². The predicted octanol–water partition coefficient (Wildman–Crippen LogP) is 0.875. The average molecular weight is 232 g/mol. The molecule has 0 radical (unpaired) electrons. The maximum atomic E-state index is 9.52. The molecule has 0 aliphatic heterocycles. The number of aryl methyl sites for hydroxylation is 1. The summed E-state index contributed by atoms with van der Waals surface area (Å²) >= 11 is 0. The van der Waals surface area contributed by atoms with Gasteiger partial charge in [0.25, 0.3) is 0 Å². The molecule has 1 aromatic carbocycles. The lowest BCUT2D eigenvalue weighted by Gasteiger charge is -2.02. The monoisotopic (exact) mass is 232 g/mol. The maximum absolute atomic E-state index is 9.52. The zero-order valence-corrected chi connectivity index (χ0v) is 9.48. The van der Waals surface area contributed by atoms with Crippen molar-refractivity contribution in [2.24, 2.45) is 12.2 Å². The van der Waals surface area contributed by atoms with Crippen LogP contribution in [0.4, 0.5) is 0 Å². The van der Waals surface area contributed by atoms with E-state index < -0.39 is 0 Å². The molecule has 1 heterocycles. The van der Waals surface area contributed by atoms with E-state index in [0.717, 1.165) is 5.56 Å². The molecule has 0 saturated carbocycles. The Bertz CT molecular complexity index is 546. The Labute approximate surface area is 98.9 Å². The fraction of sp³-hybridized carbons (Fsp3) is 0.167. The fourth-order valence-corrected chi connectivity index (χ4v) is 1.67. The van der Waals surface area contributed by atoms with Crippen LogP contribution in [0.3, 0.4) is 0 Å². The van der Waals surface area contributed by atoms with Crippen LogP contribution in [0.2, 0.25) is 0 Å². The zero-order chi connectivity index (χ0) is 12.3. The third-order valence-corrected chi connectivity index (χ3v) is 2.48. The van der Waals surface area contributed by atoms with Crippen LogP contribution in [0.5, 0.6) is 5.75 Å². The molecule has 1 aromatic heterocycles. The number of oxime groups is 1. The third kappa shape index (κ3) is 2.63. The Hall–Kier alpha value is -2.30. The molecule has 0 amide bonds. The summed E-state index contributed by atoms with van der Waals surface area (Å²) in [6.07, 6.45) is 7.10. The Kier molecular flexibility index (Phi) is 3.09. The highest BCUT2D eigenvalue weighted by Gasteiger charge is 2.05. The minimum absolute atomic E-state index is 0.101. The van der Waals surface area contributed by atoms with Gasteiger partial charge in [-0.15, -0.1) is 0 Å². The van der Waals surface area contributed by atoms with Gasteiger partial charge in [-0.3, -0.25) is 0 Å². The molecule has 17 heavy (non-hydrogen) atoms. The van der Waals surface area contributed by atoms with E-state index in [1.165, 1.54) is 6.21 Å². The van der Waals surface area contributed by atoms with Crippen molar-refractivity contribution in [3.05, 3.63) is 48.0 Å². The van der Waals surface area contributed by atoms with Crippen LogP contribution in [0.25, 0.3) is 0 Å². The number of nitrogens with zero attached hydrogens (tertiary/aromatic N) is 3. The van der Waals surface area contributed by atoms with E-state index in [2.05, 4.69) is 5.16 Å². The minimum Gasteiger partial charge on any atom is -0.507 e. The van der Waals surface area contributed by atoms with E-state index in [4.69, 9.17) is 5.21 Å². The standard InChI is InChI=1S/C12H13N3O2/c1-14-4-5-15(9-14)8-10-2-3-12(16)11(6-10)7-13-17/h2-7,9H,8H2,1H3,(H-,13,16,17)/p+1. The van der Waals surface area contributed by atoms with Crippen molar-refractivity contribution in [2.45, 2.75) is 6.54 Å². The topological polar surface area (TPSA) is 61.6 Å². The summed E-state index contributed by atoms with van der Waals surface area (Å²) in [5, 5.41) is 20.9. The molecule has 2 aromatic rings. The van der Waals surface area contributed by atoms with Crippen molar-refractivity contribution in [2.75, 3.05) is 0 Å².